The van der Waals surface area contributed by atoms with Gasteiger partial charge in [0.05, 0.1) is 21.6 Å². The van der Waals surface area contributed by atoms with Crippen LogP contribution in [0.4, 0.5) is 16.4 Å². The van der Waals surface area contributed by atoms with Gasteiger partial charge in [-0.3, -0.25) is 15.4 Å². The molecule has 2 rings (SSSR count). The lowest BCUT2D eigenvalue weighted by Crippen LogP contribution is -2.35. The first kappa shape index (κ1) is 20.0. The van der Waals surface area contributed by atoms with E-state index >= 15 is 0 Å². The molecule has 0 unspecified atom stereocenters. The first-order chi connectivity index (χ1) is 12.7. The molecule has 27 heavy (non-hydrogen) atoms. The Morgan fingerprint density at radius 2 is 2.11 bits per heavy atom. The average molecular weight is 457 g/mol. The van der Waals surface area contributed by atoms with Gasteiger partial charge in [0.15, 0.2) is 4.90 Å². The van der Waals surface area contributed by atoms with Crippen LogP contribution in [-0.4, -0.2) is 29.3 Å². The molecule has 2 amide bonds. The molecule has 1 heterocycles. The summed E-state index contributed by atoms with van der Waals surface area (Å²) in [5, 5.41) is 16.4. The third-order valence-corrected chi connectivity index (χ3v) is 4.95. The van der Waals surface area contributed by atoms with E-state index in [0.29, 0.717) is 4.47 Å². The third kappa shape index (κ3) is 5.10. The smallest absolute Gasteiger partial charge is 0.275 e. The highest BCUT2D eigenvalue weighted by Gasteiger charge is 2.27. The van der Waals surface area contributed by atoms with E-state index in [1.54, 1.807) is 4.72 Å². The van der Waals surface area contributed by atoms with Crippen molar-refractivity contribution in [2.24, 2.45) is 5.11 Å². The summed E-state index contributed by atoms with van der Waals surface area (Å²) in [6, 6.07) is 3.32. The first-order valence-electron chi connectivity index (χ1n) is 6.84. The predicted molar refractivity (Wildman–Crippen MR) is 95.0 cm³/mol. The van der Waals surface area contributed by atoms with Crippen molar-refractivity contribution in [3.8, 4) is 0 Å². The number of para-hydroxylation sites is 1. The monoisotopic (exact) mass is 456 g/mol. The van der Waals surface area contributed by atoms with Gasteiger partial charge >= 0.3 is 6.03 Å². The molecule has 0 aliphatic carbocycles. The fraction of sp³-hybridized carbons (Fsp3) is 0.0833. The van der Waals surface area contributed by atoms with Crippen molar-refractivity contribution in [3.63, 3.8) is 0 Å². The molecule has 0 radical (unpaired) electrons. The summed E-state index contributed by atoms with van der Waals surface area (Å²) in [6.45, 7) is -0.135. The maximum Gasteiger partial charge on any atom is 0.335 e. The summed E-state index contributed by atoms with van der Waals surface area (Å²) in [4.78, 5) is 31.6. The number of nitro groups is 1. The summed E-state index contributed by atoms with van der Waals surface area (Å²) in [5.41, 5.74) is 7.90. The molecule has 1 aromatic carbocycles. The minimum Gasteiger partial charge on any atom is -0.275 e. The maximum atomic E-state index is 12.2. The van der Waals surface area contributed by atoms with Crippen molar-refractivity contribution in [1.82, 2.24) is 14.7 Å². The minimum atomic E-state index is -4.52. The van der Waals surface area contributed by atoms with Gasteiger partial charge in [0.25, 0.3) is 15.7 Å². The number of nitrogens with zero attached hydrogens (tertiary/aromatic N) is 6. The fourth-order valence-electron chi connectivity index (χ4n) is 1.81. The second kappa shape index (κ2) is 8.39. The zero-order valence-corrected chi connectivity index (χ0v) is 15.5. The number of azide groups is 1. The van der Waals surface area contributed by atoms with Crippen molar-refractivity contribution in [2.45, 2.75) is 11.4 Å². The molecule has 0 bridgehead atoms. The molecule has 0 fully saturated rings. The Kier molecular flexibility index (Phi) is 6.23. The second-order valence-electron chi connectivity index (χ2n) is 4.66. The molecule has 2 aromatic rings. The molecule has 0 aliphatic heterocycles. The van der Waals surface area contributed by atoms with Crippen molar-refractivity contribution in [3.05, 3.63) is 61.2 Å². The molecule has 0 spiro atoms. The standard InChI is InChI=1S/C12H9BrN8O5S/c13-7-5-15-11(17-8(7)6-16-20-14)18-12(22)19-27(25,26)10-4-2-1-3-9(10)21(23)24/h1-5H,6H2,(H2,15,17,18,19,22). The summed E-state index contributed by atoms with van der Waals surface area (Å²) in [7, 11) is -4.52. The number of nitrogens with one attached hydrogen (secondary N) is 2. The Morgan fingerprint density at radius 1 is 1.41 bits per heavy atom. The van der Waals surface area contributed by atoms with E-state index in [4.69, 9.17) is 5.53 Å². The molecule has 0 saturated heterocycles. The van der Waals surface area contributed by atoms with Gasteiger partial charge in [-0.15, -0.1) is 0 Å². The van der Waals surface area contributed by atoms with Crippen molar-refractivity contribution in [2.75, 3.05) is 5.32 Å². The first-order valence-corrected chi connectivity index (χ1v) is 9.11. The number of hydrogen-bond acceptors (Lipinski definition) is 8. The average Bonchev–Trinajstić information content (AvgIpc) is 2.61. The number of sulfonamides is 1. The highest BCUT2D eigenvalue weighted by Crippen LogP contribution is 2.22. The van der Waals surface area contributed by atoms with E-state index in [1.165, 1.54) is 18.3 Å². The number of aromatic nitrogens is 2. The minimum absolute atomic E-state index is 0.135. The van der Waals surface area contributed by atoms with E-state index in [2.05, 4.69) is 41.2 Å². The molecular formula is C12H9BrN8O5S. The zero-order chi connectivity index (χ0) is 20.0. The molecular weight excluding hydrogens is 448 g/mol. The van der Waals surface area contributed by atoms with E-state index in [1.807, 2.05) is 0 Å². The molecule has 0 atom stereocenters. The Hall–Kier alpha value is -3.29. The van der Waals surface area contributed by atoms with Gasteiger partial charge in [-0.1, -0.05) is 17.2 Å². The maximum absolute atomic E-state index is 12.2. The Morgan fingerprint density at radius 3 is 2.78 bits per heavy atom. The molecule has 2 N–H and O–H groups in total. The number of amides is 2. The van der Waals surface area contributed by atoms with Crippen molar-refractivity contribution >= 4 is 43.6 Å². The number of hydrogen-bond donors (Lipinski definition) is 2. The molecule has 0 aliphatic rings. The summed E-state index contributed by atoms with van der Waals surface area (Å²) >= 11 is 3.13. The summed E-state index contributed by atoms with van der Waals surface area (Å²) in [6.07, 6.45) is 1.27. The van der Waals surface area contributed by atoms with E-state index in [9.17, 15) is 23.3 Å². The Labute approximate surface area is 159 Å². The Balaban J connectivity index is 2.20. The van der Waals surface area contributed by atoms with Crippen LogP contribution in [-0.2, 0) is 16.6 Å². The van der Waals surface area contributed by atoms with E-state index in [0.717, 1.165) is 12.1 Å². The third-order valence-electron chi connectivity index (χ3n) is 2.90. The summed E-state index contributed by atoms with van der Waals surface area (Å²) < 4.78 is 26.5. The largest absolute Gasteiger partial charge is 0.335 e. The van der Waals surface area contributed by atoms with Crippen LogP contribution in [0.25, 0.3) is 10.4 Å². The topological polar surface area (TPSA) is 193 Å². The van der Waals surface area contributed by atoms with E-state index in [-0.39, 0.29) is 18.2 Å². The van der Waals surface area contributed by atoms with Gasteiger partial charge in [-0.2, -0.15) is 0 Å². The van der Waals surface area contributed by atoms with Crippen molar-refractivity contribution < 1.29 is 18.1 Å². The van der Waals surface area contributed by atoms with Crippen LogP contribution in [0.5, 0.6) is 0 Å². The number of carbonyl (C=O) groups excluding carboxylic acids is 1. The van der Waals surface area contributed by atoms with Gasteiger partial charge in [0, 0.05) is 17.2 Å². The van der Waals surface area contributed by atoms with Crippen LogP contribution >= 0.6 is 15.9 Å². The SMILES string of the molecule is [N-]=[N+]=NCc1nc(NC(=O)NS(=O)(=O)c2ccccc2[N+](=O)[O-])ncc1Br. The lowest BCUT2D eigenvalue weighted by atomic mass is 10.3. The quantitative estimate of drug-likeness (QED) is 0.219. The molecule has 13 nitrogen and oxygen atoms in total. The lowest BCUT2D eigenvalue weighted by molar-refractivity contribution is -0.387. The molecule has 0 saturated carbocycles. The van der Waals surface area contributed by atoms with E-state index < -0.39 is 31.6 Å². The number of halogens is 1. The number of urea groups is 1. The predicted octanol–water partition coefficient (Wildman–Crippen LogP) is 2.47. The zero-order valence-electron chi connectivity index (χ0n) is 13.1. The number of benzene rings is 1. The van der Waals surface area contributed by atoms with Gasteiger partial charge < -0.3 is 0 Å². The van der Waals surface area contributed by atoms with Crippen LogP contribution in [0.1, 0.15) is 5.69 Å². The van der Waals surface area contributed by atoms with Gasteiger partial charge in [0.1, 0.15) is 0 Å². The van der Waals surface area contributed by atoms with Gasteiger partial charge in [0.2, 0.25) is 5.95 Å². The van der Waals surface area contributed by atoms with Crippen LogP contribution in [0.15, 0.2) is 44.9 Å². The van der Waals surface area contributed by atoms with Crippen LogP contribution < -0.4 is 10.0 Å². The highest BCUT2D eigenvalue weighted by molar-refractivity contribution is 9.10. The number of anilines is 1. The fourth-order valence-corrected chi connectivity index (χ4v) is 3.21. The second-order valence-corrected chi connectivity index (χ2v) is 7.17. The number of carbonyl (C=O) groups is 1. The van der Waals surface area contributed by atoms with Crippen molar-refractivity contribution in [1.29, 1.82) is 0 Å². The van der Waals surface area contributed by atoms with Gasteiger partial charge in [-0.05, 0) is 27.5 Å². The number of nitro benzene ring substituents is 1. The molecule has 15 heteroatoms. The molecule has 140 valence electrons. The highest BCUT2D eigenvalue weighted by atomic mass is 79.9. The Bertz CT molecular complexity index is 1050. The lowest BCUT2D eigenvalue weighted by Gasteiger charge is -2.09. The summed E-state index contributed by atoms with van der Waals surface area (Å²) in [5.74, 6) is -0.267. The van der Waals surface area contributed by atoms with Crippen LogP contribution in [0.3, 0.4) is 0 Å². The number of rotatable bonds is 6. The normalized spacial score (nSPS) is 10.6. The van der Waals surface area contributed by atoms with Crippen LogP contribution in [0.2, 0.25) is 0 Å². The molecule has 1 aromatic heterocycles. The van der Waals surface area contributed by atoms with Crippen LogP contribution in [0, 0.1) is 10.1 Å². The van der Waals surface area contributed by atoms with Gasteiger partial charge in [-0.25, -0.2) is 27.9 Å².